The van der Waals surface area contributed by atoms with E-state index in [9.17, 15) is 0 Å². The predicted molar refractivity (Wildman–Crippen MR) is 126 cm³/mol. The number of halogens is 1. The van der Waals surface area contributed by atoms with Crippen LogP contribution < -0.4 is 15.4 Å². The van der Waals surface area contributed by atoms with Crippen LogP contribution in [0.1, 0.15) is 29.4 Å². The van der Waals surface area contributed by atoms with Crippen LogP contribution >= 0.6 is 24.0 Å². The number of nitrogens with one attached hydrogen (secondary N) is 2. The average molecular weight is 516 g/mol. The number of pyridine rings is 1. The summed E-state index contributed by atoms with van der Waals surface area (Å²) in [6, 6.07) is 4.09. The molecule has 2 aromatic heterocycles. The molecule has 2 aromatic rings. The Balaban J connectivity index is 0.00000420. The van der Waals surface area contributed by atoms with Gasteiger partial charge in [-0.3, -0.25) is 9.67 Å². The van der Waals surface area contributed by atoms with E-state index < -0.39 is 0 Å². The Kier molecular flexibility index (Phi) is 11.0. The number of nitrogens with zero attached hydrogens (tertiary/aromatic N) is 4. The van der Waals surface area contributed by atoms with Crippen LogP contribution in [0.2, 0.25) is 0 Å². The highest BCUT2D eigenvalue weighted by molar-refractivity contribution is 14.0. The highest BCUT2D eigenvalue weighted by Crippen LogP contribution is 2.15. The number of aryl methyl sites for hydroxylation is 2. The topological polar surface area (TPSA) is 85.6 Å². The Morgan fingerprint density at radius 3 is 2.69 bits per heavy atom. The first kappa shape index (κ1) is 25.2. The van der Waals surface area contributed by atoms with Crippen molar-refractivity contribution in [1.29, 1.82) is 0 Å². The molecule has 0 saturated carbocycles. The van der Waals surface area contributed by atoms with Crippen molar-refractivity contribution in [2.45, 2.75) is 39.8 Å². The van der Waals surface area contributed by atoms with Gasteiger partial charge in [0.15, 0.2) is 5.96 Å². The van der Waals surface area contributed by atoms with E-state index in [4.69, 9.17) is 9.47 Å². The maximum Gasteiger partial charge on any atom is 0.218 e. The molecule has 0 aliphatic carbocycles. The standard InChI is InChI=1S/C20H32N6O2.HI/c1-14(12-18-15(2)25-26(5)16(18)3)24-20(21-4)23-13-17-8-7-9-22-19(17)28-11-10-27-6;/h7-9,14H,10-13H2,1-6H3,(H2,21,23,24);1H. The van der Waals surface area contributed by atoms with Crippen LogP contribution in [-0.4, -0.2) is 54.1 Å². The first-order valence-corrected chi connectivity index (χ1v) is 9.48. The smallest absolute Gasteiger partial charge is 0.218 e. The number of methoxy groups -OCH3 is 1. The van der Waals surface area contributed by atoms with Crippen molar-refractivity contribution in [2.24, 2.45) is 12.0 Å². The van der Waals surface area contributed by atoms with E-state index in [1.54, 1.807) is 20.4 Å². The molecule has 8 nitrogen and oxygen atoms in total. The lowest BCUT2D eigenvalue weighted by Crippen LogP contribution is -2.42. The number of rotatable bonds is 9. The molecular weight excluding hydrogens is 483 g/mol. The quantitative estimate of drug-likeness (QED) is 0.231. The average Bonchev–Trinajstić information content (AvgIpc) is 2.92. The van der Waals surface area contributed by atoms with Crippen LogP contribution in [0.5, 0.6) is 5.88 Å². The molecule has 0 aliphatic rings. The molecule has 1 unspecified atom stereocenters. The van der Waals surface area contributed by atoms with Gasteiger partial charge in [0.25, 0.3) is 0 Å². The zero-order chi connectivity index (χ0) is 20.5. The molecule has 0 spiro atoms. The third-order valence-corrected chi connectivity index (χ3v) is 4.60. The van der Waals surface area contributed by atoms with Crippen molar-refractivity contribution in [3.8, 4) is 5.88 Å². The van der Waals surface area contributed by atoms with Crippen molar-refractivity contribution in [2.75, 3.05) is 27.4 Å². The summed E-state index contributed by atoms with van der Waals surface area (Å²) in [5, 5.41) is 11.3. The van der Waals surface area contributed by atoms with E-state index in [0.29, 0.717) is 25.6 Å². The molecular formula is C20H33IN6O2. The molecule has 0 saturated heterocycles. The summed E-state index contributed by atoms with van der Waals surface area (Å²) in [6.07, 6.45) is 2.60. The van der Waals surface area contributed by atoms with Gasteiger partial charge in [-0.25, -0.2) is 4.98 Å². The van der Waals surface area contributed by atoms with Crippen molar-refractivity contribution in [3.63, 3.8) is 0 Å². The second-order valence-corrected chi connectivity index (χ2v) is 6.76. The van der Waals surface area contributed by atoms with E-state index in [1.807, 2.05) is 23.9 Å². The lowest BCUT2D eigenvalue weighted by molar-refractivity contribution is 0.143. The van der Waals surface area contributed by atoms with Gasteiger partial charge in [0.05, 0.1) is 12.3 Å². The van der Waals surface area contributed by atoms with Gasteiger partial charge in [-0.05, 0) is 38.8 Å². The van der Waals surface area contributed by atoms with Gasteiger partial charge in [-0.2, -0.15) is 5.10 Å². The number of aromatic nitrogens is 3. The van der Waals surface area contributed by atoms with Gasteiger partial charge in [0, 0.05) is 51.2 Å². The van der Waals surface area contributed by atoms with Crippen molar-refractivity contribution in [1.82, 2.24) is 25.4 Å². The normalized spacial score (nSPS) is 12.3. The van der Waals surface area contributed by atoms with Crippen LogP contribution in [0.4, 0.5) is 0 Å². The van der Waals surface area contributed by atoms with Crippen LogP contribution in [0, 0.1) is 13.8 Å². The largest absolute Gasteiger partial charge is 0.475 e. The molecule has 9 heteroatoms. The molecule has 2 rings (SSSR count). The van der Waals surface area contributed by atoms with E-state index in [2.05, 4.69) is 46.5 Å². The van der Waals surface area contributed by atoms with E-state index >= 15 is 0 Å². The molecule has 29 heavy (non-hydrogen) atoms. The fourth-order valence-corrected chi connectivity index (χ4v) is 2.99. The highest BCUT2D eigenvalue weighted by Gasteiger charge is 2.14. The molecule has 1 atom stereocenters. The lowest BCUT2D eigenvalue weighted by Gasteiger charge is -2.19. The highest BCUT2D eigenvalue weighted by atomic mass is 127. The van der Waals surface area contributed by atoms with Crippen molar-refractivity contribution >= 4 is 29.9 Å². The molecule has 0 amide bonds. The summed E-state index contributed by atoms with van der Waals surface area (Å²) in [6.45, 7) is 7.85. The van der Waals surface area contributed by atoms with Crippen molar-refractivity contribution in [3.05, 3.63) is 40.8 Å². The van der Waals surface area contributed by atoms with Gasteiger partial charge in [0.2, 0.25) is 5.88 Å². The summed E-state index contributed by atoms with van der Waals surface area (Å²) >= 11 is 0. The Hall–Kier alpha value is -1.88. The van der Waals surface area contributed by atoms with Gasteiger partial charge < -0.3 is 20.1 Å². The monoisotopic (exact) mass is 516 g/mol. The predicted octanol–water partition coefficient (Wildman–Crippen LogP) is 2.37. The van der Waals surface area contributed by atoms with Gasteiger partial charge >= 0.3 is 0 Å². The SMILES string of the molecule is CN=C(NCc1cccnc1OCCOC)NC(C)Cc1c(C)nn(C)c1C.I. The minimum Gasteiger partial charge on any atom is -0.475 e. The summed E-state index contributed by atoms with van der Waals surface area (Å²) < 4.78 is 12.6. The number of aliphatic imine (C=N–C) groups is 1. The number of hydrogen-bond donors (Lipinski definition) is 2. The summed E-state index contributed by atoms with van der Waals surface area (Å²) in [4.78, 5) is 8.64. The molecule has 2 heterocycles. The van der Waals surface area contributed by atoms with Crippen LogP contribution in [-0.2, 0) is 24.8 Å². The second kappa shape index (κ2) is 12.6. The zero-order valence-corrected chi connectivity index (χ0v) is 20.5. The van der Waals surface area contributed by atoms with Crippen molar-refractivity contribution < 1.29 is 9.47 Å². The maximum atomic E-state index is 5.69. The van der Waals surface area contributed by atoms with Crippen LogP contribution in [0.15, 0.2) is 23.3 Å². The fourth-order valence-electron chi connectivity index (χ4n) is 2.99. The van der Waals surface area contributed by atoms with Gasteiger partial charge in [-0.1, -0.05) is 6.07 Å². The molecule has 0 aliphatic heterocycles. The fraction of sp³-hybridized carbons (Fsp3) is 0.550. The number of guanidine groups is 1. The van der Waals surface area contributed by atoms with E-state index in [1.165, 1.54) is 11.3 Å². The molecule has 2 N–H and O–H groups in total. The second-order valence-electron chi connectivity index (χ2n) is 6.76. The first-order chi connectivity index (χ1) is 13.5. The molecule has 0 aromatic carbocycles. The maximum absolute atomic E-state index is 5.69. The third-order valence-electron chi connectivity index (χ3n) is 4.60. The minimum absolute atomic E-state index is 0. The van der Waals surface area contributed by atoms with Gasteiger partial charge in [0.1, 0.15) is 6.61 Å². The Labute approximate surface area is 190 Å². The number of ether oxygens (including phenoxy) is 2. The zero-order valence-electron chi connectivity index (χ0n) is 18.2. The Morgan fingerprint density at radius 2 is 2.07 bits per heavy atom. The first-order valence-electron chi connectivity index (χ1n) is 9.48. The van der Waals surface area contributed by atoms with Gasteiger partial charge in [-0.15, -0.1) is 24.0 Å². The summed E-state index contributed by atoms with van der Waals surface area (Å²) in [5.41, 5.74) is 4.51. The summed E-state index contributed by atoms with van der Waals surface area (Å²) in [5.74, 6) is 1.34. The molecule has 0 fully saturated rings. The minimum atomic E-state index is 0. The third kappa shape index (κ3) is 7.46. The van der Waals surface area contributed by atoms with E-state index in [0.717, 1.165) is 23.6 Å². The number of hydrogen-bond acceptors (Lipinski definition) is 5. The Morgan fingerprint density at radius 1 is 1.31 bits per heavy atom. The lowest BCUT2D eigenvalue weighted by atomic mass is 10.1. The molecule has 162 valence electrons. The molecule has 0 bridgehead atoms. The molecule has 0 radical (unpaired) electrons. The van der Waals surface area contributed by atoms with Crippen LogP contribution in [0.3, 0.4) is 0 Å². The Bertz CT molecular complexity index is 793. The van der Waals surface area contributed by atoms with E-state index in [-0.39, 0.29) is 30.0 Å². The summed E-state index contributed by atoms with van der Waals surface area (Å²) in [7, 11) is 5.39. The van der Waals surface area contributed by atoms with Crippen LogP contribution in [0.25, 0.3) is 0 Å².